The van der Waals surface area contributed by atoms with E-state index >= 15 is 0 Å². The van der Waals surface area contributed by atoms with Gasteiger partial charge >= 0.3 is 0 Å². The van der Waals surface area contributed by atoms with Crippen molar-refractivity contribution < 1.29 is 0 Å². The molecule has 0 aromatic heterocycles. The summed E-state index contributed by atoms with van der Waals surface area (Å²) < 4.78 is 0. The normalized spacial score (nSPS) is 12.6. The summed E-state index contributed by atoms with van der Waals surface area (Å²) in [5.41, 5.74) is 8.99. The molecule has 64 valence electrons. The summed E-state index contributed by atoms with van der Waals surface area (Å²) in [4.78, 5) is 0. The van der Waals surface area contributed by atoms with Crippen LogP contribution in [0.3, 0.4) is 0 Å². The standard InChI is InChI=1S/C10H19N/c1-5-7-8(3)10(6-2)9(4)11/h4-7,11H2,1-3H3/b10-8-. The summed E-state index contributed by atoms with van der Waals surface area (Å²) in [6.45, 7) is 10.2. The molecule has 2 N–H and O–H groups in total. The number of hydrogen-bond donors (Lipinski definition) is 1. The summed E-state index contributed by atoms with van der Waals surface area (Å²) in [5, 5.41) is 0. The third kappa shape index (κ3) is 3.26. The van der Waals surface area contributed by atoms with E-state index in [4.69, 9.17) is 5.73 Å². The van der Waals surface area contributed by atoms with Crippen molar-refractivity contribution in [2.45, 2.75) is 40.0 Å². The smallest absolute Gasteiger partial charge is 0.0272 e. The first-order valence-electron chi connectivity index (χ1n) is 4.26. The first kappa shape index (κ1) is 10.3. The molecule has 0 aliphatic carbocycles. The quantitative estimate of drug-likeness (QED) is 0.617. The van der Waals surface area contributed by atoms with Gasteiger partial charge in [-0.3, -0.25) is 0 Å². The van der Waals surface area contributed by atoms with E-state index in [1.807, 2.05) is 0 Å². The highest BCUT2D eigenvalue weighted by molar-refractivity contribution is 5.29. The molecule has 0 saturated carbocycles. The predicted octanol–water partition coefficient (Wildman–Crippen LogP) is 2.99. The Bertz CT molecular complexity index is 166. The van der Waals surface area contributed by atoms with Gasteiger partial charge in [0.1, 0.15) is 0 Å². The Labute approximate surface area is 70.0 Å². The SMILES string of the molecule is C=C(N)/C(CC)=C(/C)CCC. The van der Waals surface area contributed by atoms with Crippen LogP contribution in [0.1, 0.15) is 40.0 Å². The van der Waals surface area contributed by atoms with Gasteiger partial charge in [0.05, 0.1) is 0 Å². The Morgan fingerprint density at radius 1 is 1.36 bits per heavy atom. The van der Waals surface area contributed by atoms with Crippen molar-refractivity contribution in [3.63, 3.8) is 0 Å². The second-order valence-electron chi connectivity index (χ2n) is 2.89. The van der Waals surface area contributed by atoms with E-state index in [0.29, 0.717) is 0 Å². The molecule has 1 nitrogen and oxygen atoms in total. The van der Waals surface area contributed by atoms with Crippen molar-refractivity contribution in [1.29, 1.82) is 0 Å². The third-order valence-electron chi connectivity index (χ3n) is 1.88. The second kappa shape index (κ2) is 5.00. The lowest BCUT2D eigenvalue weighted by Gasteiger charge is -2.08. The summed E-state index contributed by atoms with van der Waals surface area (Å²) in [7, 11) is 0. The van der Waals surface area contributed by atoms with Crippen LogP contribution in [0.4, 0.5) is 0 Å². The molecule has 0 aliphatic heterocycles. The zero-order valence-corrected chi connectivity index (χ0v) is 7.91. The van der Waals surface area contributed by atoms with E-state index in [2.05, 4.69) is 27.4 Å². The van der Waals surface area contributed by atoms with Gasteiger partial charge in [-0.1, -0.05) is 32.4 Å². The van der Waals surface area contributed by atoms with Gasteiger partial charge in [-0.05, 0) is 25.3 Å². The minimum absolute atomic E-state index is 0.735. The van der Waals surface area contributed by atoms with Crippen molar-refractivity contribution in [3.8, 4) is 0 Å². The lowest BCUT2D eigenvalue weighted by molar-refractivity contribution is 0.876. The van der Waals surface area contributed by atoms with Gasteiger partial charge in [-0.2, -0.15) is 0 Å². The van der Waals surface area contributed by atoms with Gasteiger partial charge in [-0.25, -0.2) is 0 Å². The lowest BCUT2D eigenvalue weighted by Crippen LogP contribution is -2.00. The molecule has 0 radical (unpaired) electrons. The molecule has 0 aliphatic rings. The molecule has 0 bridgehead atoms. The van der Waals surface area contributed by atoms with Crippen molar-refractivity contribution >= 4 is 0 Å². The van der Waals surface area contributed by atoms with Crippen LogP contribution in [-0.2, 0) is 0 Å². The Kier molecular flexibility index (Phi) is 4.67. The Balaban J connectivity index is 4.40. The van der Waals surface area contributed by atoms with Crippen LogP contribution in [0.2, 0.25) is 0 Å². The van der Waals surface area contributed by atoms with Crippen LogP contribution >= 0.6 is 0 Å². The van der Waals surface area contributed by atoms with Crippen LogP contribution in [0.15, 0.2) is 23.4 Å². The summed E-state index contributed by atoms with van der Waals surface area (Å²) >= 11 is 0. The average molecular weight is 153 g/mol. The highest BCUT2D eigenvalue weighted by Crippen LogP contribution is 2.16. The van der Waals surface area contributed by atoms with Crippen LogP contribution in [0.5, 0.6) is 0 Å². The fraction of sp³-hybridized carbons (Fsp3) is 0.600. The average Bonchev–Trinajstić information content (AvgIpc) is 1.88. The first-order valence-corrected chi connectivity index (χ1v) is 4.26. The van der Waals surface area contributed by atoms with E-state index in [9.17, 15) is 0 Å². The van der Waals surface area contributed by atoms with Gasteiger partial charge in [0, 0.05) is 5.70 Å². The molecule has 0 heterocycles. The van der Waals surface area contributed by atoms with Crippen molar-refractivity contribution in [1.82, 2.24) is 0 Å². The summed E-state index contributed by atoms with van der Waals surface area (Å²) in [6.07, 6.45) is 3.32. The fourth-order valence-corrected chi connectivity index (χ4v) is 1.33. The molecule has 0 fully saturated rings. The van der Waals surface area contributed by atoms with Gasteiger partial charge in [-0.15, -0.1) is 0 Å². The van der Waals surface area contributed by atoms with Gasteiger partial charge in [0.25, 0.3) is 0 Å². The number of rotatable bonds is 4. The Morgan fingerprint density at radius 3 is 2.18 bits per heavy atom. The van der Waals surface area contributed by atoms with Gasteiger partial charge in [0.2, 0.25) is 0 Å². The molecular formula is C10H19N. The van der Waals surface area contributed by atoms with E-state index in [-0.39, 0.29) is 0 Å². The summed E-state index contributed by atoms with van der Waals surface area (Å²) in [5.74, 6) is 0. The molecule has 0 atom stereocenters. The van der Waals surface area contributed by atoms with Crippen molar-refractivity contribution in [2.75, 3.05) is 0 Å². The predicted molar refractivity (Wildman–Crippen MR) is 51.2 cm³/mol. The van der Waals surface area contributed by atoms with Crippen LogP contribution < -0.4 is 5.73 Å². The maximum absolute atomic E-state index is 5.63. The zero-order valence-electron chi connectivity index (χ0n) is 7.91. The molecule has 0 rings (SSSR count). The topological polar surface area (TPSA) is 26.0 Å². The van der Waals surface area contributed by atoms with E-state index in [1.165, 1.54) is 17.6 Å². The molecular weight excluding hydrogens is 134 g/mol. The molecule has 0 spiro atoms. The summed E-state index contributed by atoms with van der Waals surface area (Å²) in [6, 6.07) is 0. The monoisotopic (exact) mass is 153 g/mol. The Morgan fingerprint density at radius 2 is 1.91 bits per heavy atom. The third-order valence-corrected chi connectivity index (χ3v) is 1.88. The molecule has 0 unspecified atom stereocenters. The van der Waals surface area contributed by atoms with E-state index in [0.717, 1.165) is 18.5 Å². The first-order chi connectivity index (χ1) is 5.13. The fourth-order valence-electron chi connectivity index (χ4n) is 1.33. The number of hydrogen-bond acceptors (Lipinski definition) is 1. The van der Waals surface area contributed by atoms with E-state index < -0.39 is 0 Å². The second-order valence-corrected chi connectivity index (χ2v) is 2.89. The molecule has 11 heavy (non-hydrogen) atoms. The maximum atomic E-state index is 5.63. The van der Waals surface area contributed by atoms with Crippen molar-refractivity contribution in [3.05, 3.63) is 23.4 Å². The van der Waals surface area contributed by atoms with Gasteiger partial charge < -0.3 is 5.73 Å². The minimum Gasteiger partial charge on any atom is -0.399 e. The molecule has 0 aromatic carbocycles. The molecule has 0 aromatic rings. The molecule has 0 saturated heterocycles. The highest BCUT2D eigenvalue weighted by Gasteiger charge is 2.00. The Hall–Kier alpha value is -0.720. The number of allylic oxidation sites excluding steroid dienone is 2. The minimum atomic E-state index is 0.735. The molecule has 0 amide bonds. The van der Waals surface area contributed by atoms with Crippen LogP contribution in [-0.4, -0.2) is 0 Å². The largest absolute Gasteiger partial charge is 0.399 e. The highest BCUT2D eigenvalue weighted by atomic mass is 14.6. The van der Waals surface area contributed by atoms with Crippen LogP contribution in [0, 0.1) is 0 Å². The van der Waals surface area contributed by atoms with Gasteiger partial charge in [0.15, 0.2) is 0 Å². The number of nitrogens with two attached hydrogens (primary N) is 1. The maximum Gasteiger partial charge on any atom is 0.0272 e. The zero-order chi connectivity index (χ0) is 8.85. The van der Waals surface area contributed by atoms with Crippen molar-refractivity contribution in [2.24, 2.45) is 5.73 Å². The van der Waals surface area contributed by atoms with E-state index in [1.54, 1.807) is 0 Å². The molecule has 1 heteroatoms. The van der Waals surface area contributed by atoms with Crippen LogP contribution in [0.25, 0.3) is 0 Å². The lowest BCUT2D eigenvalue weighted by atomic mass is 10.0.